The Bertz CT molecular complexity index is 795. The van der Waals surface area contributed by atoms with E-state index in [4.69, 9.17) is 0 Å². The van der Waals surface area contributed by atoms with Crippen LogP contribution in [-0.2, 0) is 6.54 Å². The molecule has 3 aromatic rings. The van der Waals surface area contributed by atoms with Gasteiger partial charge in [0.2, 0.25) is 0 Å². The number of nitrogens with zero attached hydrogens (tertiary/aromatic N) is 4. The molecule has 25 heavy (non-hydrogen) atoms. The molecule has 0 aromatic carbocycles. The average Bonchev–Trinajstić information content (AvgIpc) is 3.35. The van der Waals surface area contributed by atoms with Gasteiger partial charge in [0.25, 0.3) is 0 Å². The first-order valence-electron chi connectivity index (χ1n) is 8.18. The molecule has 7 heteroatoms. The molecule has 0 fully saturated rings. The van der Waals surface area contributed by atoms with Crippen molar-refractivity contribution < 1.29 is 0 Å². The van der Waals surface area contributed by atoms with Crippen LogP contribution in [0.3, 0.4) is 0 Å². The maximum Gasteiger partial charge on any atom is 0.191 e. The predicted molar refractivity (Wildman–Crippen MR) is 102 cm³/mol. The van der Waals surface area contributed by atoms with Crippen LogP contribution < -0.4 is 10.6 Å². The number of pyridine rings is 1. The fourth-order valence-corrected chi connectivity index (χ4v) is 3.21. The van der Waals surface area contributed by atoms with E-state index in [0.717, 1.165) is 23.9 Å². The summed E-state index contributed by atoms with van der Waals surface area (Å²) in [6, 6.07) is 8.05. The van der Waals surface area contributed by atoms with Crippen LogP contribution in [0.25, 0.3) is 5.82 Å². The second-order valence-electron chi connectivity index (χ2n) is 5.74. The summed E-state index contributed by atoms with van der Waals surface area (Å²) >= 11 is 1.73. The summed E-state index contributed by atoms with van der Waals surface area (Å²) in [7, 11) is 1.78. The number of aliphatic imine (C=N–C) groups is 1. The molecule has 3 heterocycles. The number of thiophene rings is 1. The summed E-state index contributed by atoms with van der Waals surface area (Å²) in [6.07, 6.45) is 5.42. The van der Waals surface area contributed by atoms with Crippen molar-refractivity contribution in [2.75, 3.05) is 13.6 Å². The second-order valence-corrected chi connectivity index (χ2v) is 6.52. The molecule has 0 saturated heterocycles. The molecule has 0 bridgehead atoms. The summed E-state index contributed by atoms with van der Waals surface area (Å²) in [4.78, 5) is 8.64. The molecule has 0 aliphatic rings. The molecule has 1 atom stereocenters. The van der Waals surface area contributed by atoms with Gasteiger partial charge >= 0.3 is 0 Å². The Morgan fingerprint density at radius 1 is 1.32 bits per heavy atom. The summed E-state index contributed by atoms with van der Waals surface area (Å²) in [6.45, 7) is 3.72. The highest BCUT2D eigenvalue weighted by Crippen LogP contribution is 2.17. The summed E-state index contributed by atoms with van der Waals surface area (Å²) in [5.41, 5.74) is 2.47. The lowest BCUT2D eigenvalue weighted by Crippen LogP contribution is -2.38. The van der Waals surface area contributed by atoms with E-state index in [9.17, 15) is 0 Å². The van der Waals surface area contributed by atoms with Crippen molar-refractivity contribution in [2.24, 2.45) is 4.99 Å². The largest absolute Gasteiger partial charge is 0.356 e. The highest BCUT2D eigenvalue weighted by Gasteiger charge is 2.07. The van der Waals surface area contributed by atoms with Crippen molar-refractivity contribution in [3.05, 3.63) is 64.7 Å². The van der Waals surface area contributed by atoms with Gasteiger partial charge in [0.1, 0.15) is 0 Å². The van der Waals surface area contributed by atoms with Crippen LogP contribution in [0, 0.1) is 0 Å². The van der Waals surface area contributed by atoms with Crippen LogP contribution in [0.1, 0.15) is 24.0 Å². The molecule has 130 valence electrons. The quantitative estimate of drug-likeness (QED) is 0.528. The molecular weight excluding hydrogens is 332 g/mol. The monoisotopic (exact) mass is 354 g/mol. The first-order valence-corrected chi connectivity index (χ1v) is 9.12. The second kappa shape index (κ2) is 8.43. The zero-order chi connectivity index (χ0) is 17.5. The minimum absolute atomic E-state index is 0.442. The van der Waals surface area contributed by atoms with Crippen LogP contribution in [0.15, 0.2) is 58.6 Å². The van der Waals surface area contributed by atoms with Gasteiger partial charge in [-0.25, -0.2) is 9.67 Å². The average molecular weight is 354 g/mol. The molecule has 0 saturated carbocycles. The van der Waals surface area contributed by atoms with Gasteiger partial charge in [0, 0.05) is 38.7 Å². The molecule has 0 spiro atoms. The summed E-state index contributed by atoms with van der Waals surface area (Å²) in [5, 5.41) is 15.2. The Kier molecular flexibility index (Phi) is 5.79. The van der Waals surface area contributed by atoms with Crippen LogP contribution >= 0.6 is 11.3 Å². The van der Waals surface area contributed by atoms with E-state index in [-0.39, 0.29) is 0 Å². The van der Waals surface area contributed by atoms with Gasteiger partial charge in [-0.05, 0) is 52.1 Å². The molecule has 0 aliphatic carbocycles. The van der Waals surface area contributed by atoms with Gasteiger partial charge in [-0.3, -0.25) is 4.99 Å². The van der Waals surface area contributed by atoms with E-state index in [1.165, 1.54) is 5.56 Å². The van der Waals surface area contributed by atoms with Gasteiger partial charge in [0.05, 0.1) is 0 Å². The standard InChI is InChI=1S/C18H22N6S/c1-14(16-5-9-25-13-16)11-21-18(19-2)22-12-15-4-7-20-17(10-15)24-8-3-6-23-24/h3-10,13-14H,11-12H2,1-2H3,(H2,19,21,22). The Balaban J connectivity index is 1.54. The zero-order valence-corrected chi connectivity index (χ0v) is 15.2. The van der Waals surface area contributed by atoms with Gasteiger partial charge in [-0.2, -0.15) is 16.4 Å². The van der Waals surface area contributed by atoms with Crippen molar-refractivity contribution in [3.8, 4) is 5.82 Å². The van der Waals surface area contributed by atoms with Crippen molar-refractivity contribution in [2.45, 2.75) is 19.4 Å². The molecule has 0 radical (unpaired) electrons. The van der Waals surface area contributed by atoms with E-state index >= 15 is 0 Å². The van der Waals surface area contributed by atoms with Crippen molar-refractivity contribution in [3.63, 3.8) is 0 Å². The van der Waals surface area contributed by atoms with Crippen molar-refractivity contribution >= 4 is 17.3 Å². The molecule has 2 N–H and O–H groups in total. The fraction of sp³-hybridized carbons (Fsp3) is 0.278. The highest BCUT2D eigenvalue weighted by atomic mass is 32.1. The number of rotatable bonds is 6. The summed E-state index contributed by atoms with van der Waals surface area (Å²) < 4.78 is 1.75. The van der Waals surface area contributed by atoms with Crippen LogP contribution in [-0.4, -0.2) is 34.3 Å². The third-order valence-electron chi connectivity index (χ3n) is 3.92. The lowest BCUT2D eigenvalue weighted by molar-refractivity contribution is 0.700. The zero-order valence-electron chi connectivity index (χ0n) is 14.4. The fourth-order valence-electron chi connectivity index (χ4n) is 2.43. The van der Waals surface area contributed by atoms with Gasteiger partial charge in [0.15, 0.2) is 11.8 Å². The number of hydrogen-bond acceptors (Lipinski definition) is 4. The normalized spacial score (nSPS) is 12.8. The highest BCUT2D eigenvalue weighted by molar-refractivity contribution is 7.07. The van der Waals surface area contributed by atoms with Gasteiger partial charge in [-0.15, -0.1) is 0 Å². The van der Waals surface area contributed by atoms with Gasteiger partial charge < -0.3 is 10.6 Å². The predicted octanol–water partition coefficient (Wildman–Crippen LogP) is 2.80. The maximum atomic E-state index is 4.34. The first kappa shape index (κ1) is 17.2. The Labute approximate surface area is 151 Å². The Hall–Kier alpha value is -2.67. The van der Waals surface area contributed by atoms with Gasteiger partial charge in [-0.1, -0.05) is 6.92 Å². The van der Waals surface area contributed by atoms with Crippen molar-refractivity contribution in [1.29, 1.82) is 0 Å². The van der Waals surface area contributed by atoms with Crippen molar-refractivity contribution in [1.82, 2.24) is 25.4 Å². The summed E-state index contributed by atoms with van der Waals surface area (Å²) in [5.74, 6) is 2.04. The van der Waals surface area contributed by atoms with E-state index in [1.54, 1.807) is 35.5 Å². The molecule has 3 aromatic heterocycles. The molecule has 1 unspecified atom stereocenters. The lowest BCUT2D eigenvalue weighted by atomic mass is 10.1. The maximum absolute atomic E-state index is 4.34. The third-order valence-corrected chi connectivity index (χ3v) is 4.62. The lowest BCUT2D eigenvalue weighted by Gasteiger charge is -2.15. The number of guanidine groups is 1. The Morgan fingerprint density at radius 3 is 2.96 bits per heavy atom. The molecule has 0 amide bonds. The van der Waals surface area contributed by atoms with E-state index in [2.05, 4.69) is 49.5 Å². The minimum atomic E-state index is 0.442. The van der Waals surface area contributed by atoms with Crippen LogP contribution in [0.5, 0.6) is 0 Å². The number of hydrogen-bond donors (Lipinski definition) is 2. The van der Waals surface area contributed by atoms with E-state index in [0.29, 0.717) is 12.5 Å². The van der Waals surface area contributed by atoms with Crippen LogP contribution in [0.4, 0.5) is 0 Å². The van der Waals surface area contributed by atoms with E-state index < -0.39 is 0 Å². The first-order chi connectivity index (χ1) is 12.3. The SMILES string of the molecule is CN=C(NCc1ccnc(-n2cccn2)c1)NCC(C)c1ccsc1. The molecular formula is C18H22N6S. The van der Waals surface area contributed by atoms with Crippen LogP contribution in [0.2, 0.25) is 0 Å². The Morgan fingerprint density at radius 2 is 2.24 bits per heavy atom. The topological polar surface area (TPSA) is 67.1 Å². The molecule has 3 rings (SSSR count). The number of aromatic nitrogens is 3. The molecule has 0 aliphatic heterocycles. The third kappa shape index (κ3) is 4.67. The smallest absolute Gasteiger partial charge is 0.191 e. The minimum Gasteiger partial charge on any atom is -0.356 e. The van der Waals surface area contributed by atoms with E-state index in [1.807, 2.05) is 24.4 Å². The number of nitrogens with one attached hydrogen (secondary N) is 2. The molecule has 6 nitrogen and oxygen atoms in total.